The number of thioether (sulfide) groups is 1. The molecule has 37 heavy (non-hydrogen) atoms. The summed E-state index contributed by atoms with van der Waals surface area (Å²) in [6.45, 7) is 0.518. The third kappa shape index (κ3) is 5.43. The van der Waals surface area contributed by atoms with Crippen LogP contribution in [0.25, 0.3) is 16.2 Å². The van der Waals surface area contributed by atoms with Crippen molar-refractivity contribution in [3.63, 3.8) is 0 Å². The van der Waals surface area contributed by atoms with Crippen molar-refractivity contribution < 1.29 is 19.1 Å². The van der Waals surface area contributed by atoms with E-state index in [1.807, 2.05) is 54.6 Å². The zero-order chi connectivity index (χ0) is 25.9. The molecule has 0 N–H and O–H groups in total. The first-order chi connectivity index (χ1) is 17.9. The Kier molecular flexibility index (Phi) is 7.62. The number of halogens is 1. The minimum atomic E-state index is -0.559. The van der Waals surface area contributed by atoms with E-state index < -0.39 is 5.97 Å². The van der Waals surface area contributed by atoms with Gasteiger partial charge in [0.2, 0.25) is 0 Å². The monoisotopic (exact) mass is 565 g/mol. The van der Waals surface area contributed by atoms with Gasteiger partial charge in [0.25, 0.3) is 5.91 Å². The summed E-state index contributed by atoms with van der Waals surface area (Å²) in [4.78, 5) is 28.4. The second kappa shape index (κ2) is 11.1. The zero-order valence-electron chi connectivity index (χ0n) is 19.6. The molecule has 3 aromatic carbocycles. The quantitative estimate of drug-likeness (QED) is 0.102. The van der Waals surface area contributed by atoms with E-state index in [2.05, 4.69) is 0 Å². The Morgan fingerprint density at radius 2 is 1.81 bits per heavy atom. The number of thiocarbonyl (C=S) groups is 1. The number of methoxy groups -OCH3 is 1. The number of nitrogens with zero attached hydrogens (tertiary/aromatic N) is 1. The van der Waals surface area contributed by atoms with Crippen LogP contribution in [0.1, 0.15) is 20.8 Å². The van der Waals surface area contributed by atoms with Crippen LogP contribution in [-0.4, -0.2) is 34.8 Å². The highest BCUT2D eigenvalue weighted by Gasteiger charge is 2.31. The number of hydrogen-bond acceptors (Lipinski definition) is 7. The Bertz CT molecular complexity index is 1550. The summed E-state index contributed by atoms with van der Waals surface area (Å²) in [5.74, 6) is -0.0659. The number of thiophene rings is 1. The number of carbonyl (C=O) groups excluding carboxylic acids is 2. The van der Waals surface area contributed by atoms with E-state index in [9.17, 15) is 9.59 Å². The van der Waals surface area contributed by atoms with E-state index >= 15 is 0 Å². The van der Waals surface area contributed by atoms with Gasteiger partial charge in [-0.05, 0) is 41.8 Å². The predicted molar refractivity (Wildman–Crippen MR) is 155 cm³/mol. The van der Waals surface area contributed by atoms with Crippen molar-refractivity contribution in [2.24, 2.45) is 0 Å². The number of benzene rings is 3. The highest BCUT2D eigenvalue weighted by Crippen LogP contribution is 2.38. The third-order valence-corrected chi connectivity index (χ3v) is 8.78. The van der Waals surface area contributed by atoms with Crippen LogP contribution in [0.4, 0.5) is 0 Å². The van der Waals surface area contributed by atoms with Gasteiger partial charge in [-0.2, -0.15) is 0 Å². The molecule has 0 bridgehead atoms. The van der Waals surface area contributed by atoms with Crippen LogP contribution in [-0.2, 0) is 11.2 Å². The second-order valence-electron chi connectivity index (χ2n) is 8.11. The van der Waals surface area contributed by atoms with Gasteiger partial charge in [0.15, 0.2) is 11.5 Å². The maximum absolute atomic E-state index is 13.0. The average molecular weight is 566 g/mol. The molecule has 1 aromatic heterocycles. The van der Waals surface area contributed by atoms with Crippen molar-refractivity contribution in [2.45, 2.75) is 6.42 Å². The minimum Gasteiger partial charge on any atom is -0.493 e. The van der Waals surface area contributed by atoms with Crippen molar-refractivity contribution in [1.29, 1.82) is 0 Å². The van der Waals surface area contributed by atoms with Crippen molar-refractivity contribution in [3.8, 4) is 11.5 Å². The molecule has 1 aliphatic rings. The third-order valence-electron chi connectivity index (χ3n) is 5.75. The van der Waals surface area contributed by atoms with Crippen LogP contribution in [0.15, 0.2) is 77.7 Å². The smallest absolute Gasteiger partial charge is 0.355 e. The molecular formula is C28H20ClNO4S3. The molecule has 4 aromatic rings. The molecule has 0 saturated carbocycles. The van der Waals surface area contributed by atoms with Crippen LogP contribution in [0.2, 0.25) is 5.02 Å². The molecule has 1 saturated heterocycles. The van der Waals surface area contributed by atoms with E-state index in [0.29, 0.717) is 31.4 Å². The fourth-order valence-electron chi connectivity index (χ4n) is 3.88. The summed E-state index contributed by atoms with van der Waals surface area (Å²) < 4.78 is 12.5. The molecule has 5 nitrogen and oxygen atoms in total. The van der Waals surface area contributed by atoms with Crippen molar-refractivity contribution in [3.05, 3.63) is 98.7 Å². The second-order valence-corrected chi connectivity index (χ2v) is 11.2. The molecule has 0 aliphatic carbocycles. The Balaban J connectivity index is 1.31. The van der Waals surface area contributed by atoms with Gasteiger partial charge in [-0.15, -0.1) is 11.3 Å². The molecule has 1 fully saturated rings. The van der Waals surface area contributed by atoms with Crippen molar-refractivity contribution >= 4 is 79.3 Å². The molecule has 0 radical (unpaired) electrons. The van der Waals surface area contributed by atoms with E-state index in [1.54, 1.807) is 29.2 Å². The summed E-state index contributed by atoms with van der Waals surface area (Å²) in [5, 5.41) is 1.18. The summed E-state index contributed by atoms with van der Waals surface area (Å²) in [6, 6.07) is 22.6. The Labute approximate surface area is 232 Å². The van der Waals surface area contributed by atoms with Crippen molar-refractivity contribution in [1.82, 2.24) is 4.90 Å². The SMILES string of the molecule is COc1cc(/C=C2\SC(=S)N(CCc3ccccc3)C2=O)ccc1OC(=O)c1sc2ccccc2c1Cl. The fourth-order valence-corrected chi connectivity index (χ4v) is 6.57. The van der Waals surface area contributed by atoms with Crippen LogP contribution in [0.3, 0.4) is 0 Å². The predicted octanol–water partition coefficient (Wildman–Crippen LogP) is 7.23. The van der Waals surface area contributed by atoms with Gasteiger partial charge < -0.3 is 9.47 Å². The molecule has 5 rings (SSSR count). The average Bonchev–Trinajstić information content (AvgIpc) is 3.39. The lowest BCUT2D eigenvalue weighted by Crippen LogP contribution is -2.30. The van der Waals surface area contributed by atoms with E-state index in [1.165, 1.54) is 30.2 Å². The molecule has 186 valence electrons. The number of rotatable bonds is 7. The topological polar surface area (TPSA) is 55.8 Å². The number of hydrogen-bond donors (Lipinski definition) is 0. The molecule has 9 heteroatoms. The van der Waals surface area contributed by atoms with Gasteiger partial charge in [-0.1, -0.05) is 90.2 Å². The highest BCUT2D eigenvalue weighted by molar-refractivity contribution is 8.26. The van der Waals surface area contributed by atoms with E-state index in [-0.39, 0.29) is 11.7 Å². The maximum atomic E-state index is 13.0. The van der Waals surface area contributed by atoms with Gasteiger partial charge in [0.1, 0.15) is 9.20 Å². The lowest BCUT2D eigenvalue weighted by Gasteiger charge is -2.14. The number of esters is 1. The Morgan fingerprint density at radius 3 is 2.57 bits per heavy atom. The first-order valence-corrected chi connectivity index (χ1v) is 13.7. The van der Waals surface area contributed by atoms with Crippen LogP contribution in [0.5, 0.6) is 11.5 Å². The van der Waals surface area contributed by atoms with E-state index in [0.717, 1.165) is 27.6 Å². The van der Waals surface area contributed by atoms with Gasteiger partial charge in [-0.3, -0.25) is 9.69 Å². The summed E-state index contributed by atoms with van der Waals surface area (Å²) in [5.41, 5.74) is 1.87. The van der Waals surface area contributed by atoms with Gasteiger partial charge in [0.05, 0.1) is 17.0 Å². The Morgan fingerprint density at radius 1 is 1.05 bits per heavy atom. The van der Waals surface area contributed by atoms with Crippen molar-refractivity contribution in [2.75, 3.05) is 13.7 Å². The molecule has 1 amide bonds. The largest absolute Gasteiger partial charge is 0.493 e. The normalized spacial score (nSPS) is 14.5. The molecule has 0 spiro atoms. The maximum Gasteiger partial charge on any atom is 0.355 e. The molecule has 1 aliphatic heterocycles. The minimum absolute atomic E-state index is 0.125. The lowest BCUT2D eigenvalue weighted by atomic mass is 10.1. The Hall–Kier alpha value is -3.17. The molecule has 0 unspecified atom stereocenters. The zero-order valence-corrected chi connectivity index (χ0v) is 22.8. The van der Waals surface area contributed by atoms with Gasteiger partial charge in [-0.25, -0.2) is 4.79 Å². The molecular weight excluding hydrogens is 546 g/mol. The van der Waals surface area contributed by atoms with E-state index in [4.69, 9.17) is 33.3 Å². The van der Waals surface area contributed by atoms with Crippen LogP contribution in [0, 0.1) is 0 Å². The van der Waals surface area contributed by atoms with Crippen LogP contribution >= 0.6 is 46.9 Å². The first kappa shape index (κ1) is 25.5. The summed E-state index contributed by atoms with van der Waals surface area (Å²) in [7, 11) is 1.49. The number of fused-ring (bicyclic) bond motifs is 1. The summed E-state index contributed by atoms with van der Waals surface area (Å²) in [6.07, 6.45) is 2.48. The number of ether oxygens (including phenoxy) is 2. The lowest BCUT2D eigenvalue weighted by molar-refractivity contribution is -0.122. The van der Waals surface area contributed by atoms with Crippen LogP contribution < -0.4 is 9.47 Å². The molecule has 0 atom stereocenters. The first-order valence-electron chi connectivity index (χ1n) is 11.3. The number of carbonyl (C=O) groups is 2. The standard InChI is InChI=1S/C28H20ClNO4S3/c1-33-21-15-18(16-23-26(31)30(28(35)37-23)14-13-17-7-3-2-4-8-17)11-12-20(21)34-27(32)25-24(29)19-9-5-6-10-22(19)36-25/h2-12,15-16H,13-14H2,1H3/b23-16-. The summed E-state index contributed by atoms with van der Waals surface area (Å²) >= 11 is 14.4. The van der Waals surface area contributed by atoms with Gasteiger partial charge >= 0.3 is 5.97 Å². The number of amides is 1. The van der Waals surface area contributed by atoms with Gasteiger partial charge in [0, 0.05) is 16.6 Å². The fraction of sp³-hybridized carbons (Fsp3) is 0.107. The molecule has 2 heterocycles. The highest BCUT2D eigenvalue weighted by atomic mass is 35.5.